The summed E-state index contributed by atoms with van der Waals surface area (Å²) in [7, 11) is 0. The summed E-state index contributed by atoms with van der Waals surface area (Å²) in [6, 6.07) is 3.43. The van der Waals surface area contributed by atoms with Gasteiger partial charge in [-0.05, 0) is 24.8 Å². The molecule has 1 fully saturated rings. The molecule has 0 bridgehead atoms. The summed E-state index contributed by atoms with van der Waals surface area (Å²) in [4.78, 5) is 14.7. The largest absolute Gasteiger partial charge is 0.362 e. The highest BCUT2D eigenvalue weighted by Crippen LogP contribution is 2.31. The molecule has 1 N–H and O–H groups in total. The average molecular weight is 274 g/mol. The summed E-state index contributed by atoms with van der Waals surface area (Å²) in [5.41, 5.74) is -0.163. The van der Waals surface area contributed by atoms with E-state index < -0.39 is 4.92 Å². The van der Waals surface area contributed by atoms with Gasteiger partial charge < -0.3 is 5.32 Å². The number of hydrogen-bond donors (Lipinski definition) is 1. The zero-order valence-corrected chi connectivity index (χ0v) is 11.5. The number of hydrogen-bond acceptors (Lipinski definition) is 5. The summed E-state index contributed by atoms with van der Waals surface area (Å²) in [6.07, 6.45) is 6.92. The van der Waals surface area contributed by atoms with Gasteiger partial charge in [0.25, 0.3) is 0 Å². The van der Waals surface area contributed by atoms with Crippen molar-refractivity contribution in [2.75, 3.05) is 5.32 Å². The molecule has 1 aromatic heterocycles. The van der Waals surface area contributed by atoms with E-state index in [1.54, 1.807) is 0 Å². The molecular formula is C14H18N4O2. The molecule has 1 aromatic rings. The van der Waals surface area contributed by atoms with Crippen LogP contribution in [-0.4, -0.2) is 15.9 Å². The van der Waals surface area contributed by atoms with Gasteiger partial charge in [0.2, 0.25) is 5.82 Å². The van der Waals surface area contributed by atoms with Crippen LogP contribution < -0.4 is 5.32 Å². The van der Waals surface area contributed by atoms with Crippen LogP contribution in [0.2, 0.25) is 0 Å². The molecule has 1 aliphatic rings. The Hall–Kier alpha value is -2.16. The van der Waals surface area contributed by atoms with Crippen LogP contribution in [0, 0.1) is 27.4 Å². The number of pyridine rings is 1. The number of nitriles is 1. The van der Waals surface area contributed by atoms with Crippen LogP contribution in [0.5, 0.6) is 0 Å². The second-order valence-electron chi connectivity index (χ2n) is 5.21. The molecule has 1 saturated carbocycles. The minimum Gasteiger partial charge on any atom is -0.362 e. The third kappa shape index (κ3) is 3.05. The van der Waals surface area contributed by atoms with E-state index in [0.717, 1.165) is 25.7 Å². The lowest BCUT2D eigenvalue weighted by molar-refractivity contribution is -0.384. The second kappa shape index (κ2) is 6.33. The number of rotatable bonds is 4. The normalized spacial score (nSPS) is 22.0. The molecule has 0 spiro atoms. The van der Waals surface area contributed by atoms with Gasteiger partial charge in [0.15, 0.2) is 0 Å². The molecule has 106 valence electrons. The zero-order chi connectivity index (χ0) is 14.5. The molecule has 0 aromatic carbocycles. The third-order valence-corrected chi connectivity index (χ3v) is 3.93. The van der Waals surface area contributed by atoms with Crippen LogP contribution in [0.15, 0.2) is 12.3 Å². The van der Waals surface area contributed by atoms with Crippen molar-refractivity contribution < 1.29 is 4.92 Å². The first-order valence-corrected chi connectivity index (χ1v) is 6.95. The lowest BCUT2D eigenvalue weighted by Gasteiger charge is -2.29. The Balaban J connectivity index is 2.21. The maximum Gasteiger partial charge on any atom is 0.328 e. The lowest BCUT2D eigenvalue weighted by atomic mass is 9.84. The van der Waals surface area contributed by atoms with E-state index in [4.69, 9.17) is 5.26 Å². The molecule has 0 saturated heterocycles. The van der Waals surface area contributed by atoms with Crippen LogP contribution in [0.1, 0.15) is 44.6 Å². The Morgan fingerprint density at radius 3 is 3.05 bits per heavy atom. The van der Waals surface area contributed by atoms with Gasteiger partial charge in [0, 0.05) is 12.2 Å². The average Bonchev–Trinajstić information content (AvgIpc) is 2.46. The first-order valence-electron chi connectivity index (χ1n) is 6.95. The number of nitro groups is 1. The van der Waals surface area contributed by atoms with Crippen LogP contribution in [0.3, 0.4) is 0 Å². The Morgan fingerprint density at radius 2 is 2.40 bits per heavy atom. The van der Waals surface area contributed by atoms with E-state index in [-0.39, 0.29) is 23.1 Å². The van der Waals surface area contributed by atoms with Crippen molar-refractivity contribution in [1.29, 1.82) is 5.26 Å². The predicted molar refractivity (Wildman–Crippen MR) is 75.3 cm³/mol. The number of nitrogens with zero attached hydrogens (tertiary/aromatic N) is 3. The quantitative estimate of drug-likeness (QED) is 0.672. The molecule has 2 unspecified atom stereocenters. The van der Waals surface area contributed by atoms with Gasteiger partial charge in [-0.1, -0.05) is 26.2 Å². The maximum atomic E-state index is 11.1. The highest BCUT2D eigenvalue weighted by atomic mass is 16.6. The smallest absolute Gasteiger partial charge is 0.328 e. The van der Waals surface area contributed by atoms with E-state index in [0.29, 0.717) is 5.92 Å². The van der Waals surface area contributed by atoms with Crippen molar-refractivity contribution in [1.82, 2.24) is 4.98 Å². The number of anilines is 1. The van der Waals surface area contributed by atoms with E-state index in [1.165, 1.54) is 18.7 Å². The fourth-order valence-corrected chi connectivity index (χ4v) is 2.82. The SMILES string of the molecule is CCC1CCCC(Nc2nccc(C#N)c2[N+](=O)[O-])C1. The molecular weight excluding hydrogens is 256 g/mol. The molecule has 0 radical (unpaired) electrons. The van der Waals surface area contributed by atoms with Crippen molar-refractivity contribution in [3.05, 3.63) is 27.9 Å². The van der Waals surface area contributed by atoms with E-state index >= 15 is 0 Å². The highest BCUT2D eigenvalue weighted by molar-refractivity contribution is 5.64. The molecule has 20 heavy (non-hydrogen) atoms. The van der Waals surface area contributed by atoms with Crippen molar-refractivity contribution in [2.24, 2.45) is 5.92 Å². The Bertz CT molecular complexity index is 538. The van der Waals surface area contributed by atoms with Crippen LogP contribution in [-0.2, 0) is 0 Å². The Labute approximate surface area is 118 Å². The third-order valence-electron chi connectivity index (χ3n) is 3.93. The Morgan fingerprint density at radius 1 is 1.60 bits per heavy atom. The predicted octanol–water partition coefficient (Wildman–Crippen LogP) is 3.24. The monoisotopic (exact) mass is 274 g/mol. The summed E-state index contributed by atoms with van der Waals surface area (Å²) in [5.74, 6) is 0.884. The van der Waals surface area contributed by atoms with Gasteiger partial charge in [-0.2, -0.15) is 5.26 Å². The summed E-state index contributed by atoms with van der Waals surface area (Å²) in [5, 5.41) is 23.3. The number of nitrogens with one attached hydrogen (secondary N) is 1. The van der Waals surface area contributed by atoms with E-state index in [9.17, 15) is 10.1 Å². The molecule has 1 aliphatic carbocycles. The first kappa shape index (κ1) is 14.3. The molecule has 6 nitrogen and oxygen atoms in total. The van der Waals surface area contributed by atoms with Gasteiger partial charge in [0.1, 0.15) is 11.6 Å². The van der Waals surface area contributed by atoms with Crippen LogP contribution in [0.25, 0.3) is 0 Å². The Kier molecular flexibility index (Phi) is 4.51. The molecule has 1 heterocycles. The lowest BCUT2D eigenvalue weighted by Crippen LogP contribution is -2.27. The summed E-state index contributed by atoms with van der Waals surface area (Å²) >= 11 is 0. The molecule has 0 amide bonds. The molecule has 0 aliphatic heterocycles. The first-order chi connectivity index (χ1) is 9.65. The minimum absolute atomic E-state index is 0.0513. The van der Waals surface area contributed by atoms with Crippen molar-refractivity contribution in [3.63, 3.8) is 0 Å². The summed E-state index contributed by atoms with van der Waals surface area (Å²) in [6.45, 7) is 2.17. The van der Waals surface area contributed by atoms with Crippen molar-refractivity contribution in [3.8, 4) is 6.07 Å². The van der Waals surface area contributed by atoms with Crippen LogP contribution in [0.4, 0.5) is 11.5 Å². The van der Waals surface area contributed by atoms with Gasteiger partial charge in [-0.3, -0.25) is 10.1 Å². The van der Waals surface area contributed by atoms with Crippen molar-refractivity contribution in [2.45, 2.75) is 45.1 Å². The summed E-state index contributed by atoms with van der Waals surface area (Å²) < 4.78 is 0. The molecule has 6 heteroatoms. The van der Waals surface area contributed by atoms with Crippen molar-refractivity contribution >= 4 is 11.5 Å². The standard InChI is InChI=1S/C14H18N4O2/c1-2-10-4-3-5-12(8-10)17-14-13(18(19)20)11(9-15)6-7-16-14/h6-7,10,12H,2-5,8H2,1H3,(H,16,17). The fourth-order valence-electron chi connectivity index (χ4n) is 2.82. The highest BCUT2D eigenvalue weighted by Gasteiger charge is 2.26. The van der Waals surface area contributed by atoms with E-state index in [1.807, 2.05) is 6.07 Å². The minimum atomic E-state index is -0.534. The van der Waals surface area contributed by atoms with Gasteiger partial charge in [0.05, 0.1) is 4.92 Å². The van der Waals surface area contributed by atoms with Gasteiger partial charge in [-0.15, -0.1) is 0 Å². The molecule has 2 atom stereocenters. The molecule has 2 rings (SSSR count). The van der Waals surface area contributed by atoms with Gasteiger partial charge >= 0.3 is 5.69 Å². The topological polar surface area (TPSA) is 91.8 Å². The van der Waals surface area contributed by atoms with Crippen LogP contribution >= 0.6 is 0 Å². The van der Waals surface area contributed by atoms with E-state index in [2.05, 4.69) is 17.2 Å². The number of aromatic nitrogens is 1. The van der Waals surface area contributed by atoms with Gasteiger partial charge in [-0.25, -0.2) is 4.98 Å². The second-order valence-corrected chi connectivity index (χ2v) is 5.21. The maximum absolute atomic E-state index is 11.1. The zero-order valence-electron chi connectivity index (χ0n) is 11.5. The fraction of sp³-hybridized carbons (Fsp3) is 0.571.